The summed E-state index contributed by atoms with van der Waals surface area (Å²) in [4.78, 5) is 0.292. The standard InChI is InChI=1S/C15H15NO2S/c1-10-5-4-7-12(15(16)19)14(10)18-13-8-3-2-6-11(13)9-17/h2-8,17H,9H2,1H3,(H2,16,19). The first-order valence-corrected chi connectivity index (χ1v) is 6.30. The summed E-state index contributed by atoms with van der Waals surface area (Å²) in [5, 5.41) is 9.31. The molecule has 0 unspecified atom stereocenters. The van der Waals surface area contributed by atoms with Crippen molar-refractivity contribution < 1.29 is 9.84 Å². The fraction of sp³-hybridized carbons (Fsp3) is 0.133. The number of hydrogen-bond acceptors (Lipinski definition) is 3. The van der Waals surface area contributed by atoms with Gasteiger partial charge in [0.25, 0.3) is 0 Å². The van der Waals surface area contributed by atoms with Crippen LogP contribution in [-0.2, 0) is 6.61 Å². The van der Waals surface area contributed by atoms with Gasteiger partial charge in [-0.3, -0.25) is 0 Å². The van der Waals surface area contributed by atoms with Crippen molar-refractivity contribution in [1.29, 1.82) is 0 Å². The van der Waals surface area contributed by atoms with E-state index in [0.29, 0.717) is 22.1 Å². The maximum atomic E-state index is 9.31. The lowest BCUT2D eigenvalue weighted by Gasteiger charge is -2.15. The van der Waals surface area contributed by atoms with Gasteiger partial charge in [-0.15, -0.1) is 0 Å². The highest BCUT2D eigenvalue weighted by Crippen LogP contribution is 2.31. The van der Waals surface area contributed by atoms with E-state index in [4.69, 9.17) is 22.7 Å². The molecule has 0 heterocycles. The van der Waals surface area contributed by atoms with Crippen LogP contribution in [0.25, 0.3) is 0 Å². The maximum Gasteiger partial charge on any atom is 0.140 e. The lowest BCUT2D eigenvalue weighted by Crippen LogP contribution is -2.11. The van der Waals surface area contributed by atoms with Gasteiger partial charge in [-0.05, 0) is 24.6 Å². The third-order valence-corrected chi connectivity index (χ3v) is 3.05. The van der Waals surface area contributed by atoms with Crippen molar-refractivity contribution in [2.24, 2.45) is 5.73 Å². The minimum atomic E-state index is -0.0789. The average molecular weight is 273 g/mol. The highest BCUT2D eigenvalue weighted by molar-refractivity contribution is 7.80. The second-order valence-electron chi connectivity index (χ2n) is 4.18. The van der Waals surface area contributed by atoms with Gasteiger partial charge in [-0.25, -0.2) is 0 Å². The summed E-state index contributed by atoms with van der Waals surface area (Å²) in [7, 11) is 0. The summed E-state index contributed by atoms with van der Waals surface area (Å²) in [6.45, 7) is 1.85. The molecule has 2 rings (SSSR count). The van der Waals surface area contributed by atoms with Gasteiger partial charge >= 0.3 is 0 Å². The average Bonchev–Trinajstić information content (AvgIpc) is 2.41. The second kappa shape index (κ2) is 5.82. The highest BCUT2D eigenvalue weighted by Gasteiger charge is 2.12. The van der Waals surface area contributed by atoms with Gasteiger partial charge < -0.3 is 15.6 Å². The molecular formula is C15H15NO2S. The van der Waals surface area contributed by atoms with Gasteiger partial charge in [0.05, 0.1) is 12.2 Å². The summed E-state index contributed by atoms with van der Waals surface area (Å²) in [6.07, 6.45) is 0. The lowest BCUT2D eigenvalue weighted by atomic mass is 10.1. The second-order valence-corrected chi connectivity index (χ2v) is 4.62. The predicted molar refractivity (Wildman–Crippen MR) is 79.5 cm³/mol. The maximum absolute atomic E-state index is 9.31. The molecule has 0 spiro atoms. The Morgan fingerprint density at radius 1 is 1.21 bits per heavy atom. The number of aliphatic hydroxyl groups excluding tert-OH is 1. The number of nitrogens with two attached hydrogens (primary N) is 1. The van der Waals surface area contributed by atoms with Crippen molar-refractivity contribution >= 4 is 17.2 Å². The quantitative estimate of drug-likeness (QED) is 0.841. The van der Waals surface area contributed by atoms with Gasteiger partial charge in [0.2, 0.25) is 0 Å². The van der Waals surface area contributed by atoms with E-state index >= 15 is 0 Å². The molecule has 0 fully saturated rings. The minimum absolute atomic E-state index is 0.0789. The monoisotopic (exact) mass is 273 g/mol. The van der Waals surface area contributed by atoms with Crippen molar-refractivity contribution in [3.8, 4) is 11.5 Å². The zero-order valence-corrected chi connectivity index (χ0v) is 11.4. The molecule has 0 aliphatic carbocycles. The Morgan fingerprint density at radius 2 is 1.95 bits per heavy atom. The van der Waals surface area contributed by atoms with Crippen molar-refractivity contribution in [3.63, 3.8) is 0 Å². The first kappa shape index (κ1) is 13.5. The molecule has 2 aromatic carbocycles. The number of para-hydroxylation sites is 2. The van der Waals surface area contributed by atoms with Gasteiger partial charge in [-0.1, -0.05) is 42.5 Å². The number of ether oxygens (including phenoxy) is 1. The van der Waals surface area contributed by atoms with Crippen molar-refractivity contribution in [2.45, 2.75) is 13.5 Å². The molecule has 2 aromatic rings. The largest absolute Gasteiger partial charge is 0.456 e. The highest BCUT2D eigenvalue weighted by atomic mass is 32.1. The Balaban J connectivity index is 2.46. The Bertz CT molecular complexity index is 611. The first-order valence-electron chi connectivity index (χ1n) is 5.89. The fourth-order valence-corrected chi connectivity index (χ4v) is 1.99. The molecule has 0 radical (unpaired) electrons. The van der Waals surface area contributed by atoms with Crippen LogP contribution in [0.4, 0.5) is 0 Å². The van der Waals surface area contributed by atoms with Crippen molar-refractivity contribution in [3.05, 3.63) is 59.2 Å². The molecule has 0 atom stereocenters. The van der Waals surface area contributed by atoms with Gasteiger partial charge in [0, 0.05) is 5.56 Å². The smallest absolute Gasteiger partial charge is 0.140 e. The normalized spacial score (nSPS) is 10.2. The van der Waals surface area contributed by atoms with Crippen LogP contribution in [0.3, 0.4) is 0 Å². The molecule has 98 valence electrons. The fourth-order valence-electron chi connectivity index (χ4n) is 1.83. The van der Waals surface area contributed by atoms with Crippen LogP contribution >= 0.6 is 12.2 Å². The zero-order chi connectivity index (χ0) is 13.8. The number of benzene rings is 2. The van der Waals surface area contributed by atoms with E-state index in [0.717, 1.165) is 11.1 Å². The molecule has 3 N–H and O–H groups in total. The zero-order valence-electron chi connectivity index (χ0n) is 10.6. The number of aryl methyl sites for hydroxylation is 1. The molecule has 0 bridgehead atoms. The first-order chi connectivity index (χ1) is 9.13. The van der Waals surface area contributed by atoms with Gasteiger partial charge in [0.15, 0.2) is 0 Å². The van der Waals surface area contributed by atoms with E-state index in [-0.39, 0.29) is 6.61 Å². The van der Waals surface area contributed by atoms with Crippen LogP contribution < -0.4 is 10.5 Å². The summed E-state index contributed by atoms with van der Waals surface area (Å²) in [5.74, 6) is 1.24. The SMILES string of the molecule is Cc1cccc(C(N)=S)c1Oc1ccccc1CO. The van der Waals surface area contributed by atoms with Crippen molar-refractivity contribution in [2.75, 3.05) is 0 Å². The van der Waals surface area contributed by atoms with E-state index in [9.17, 15) is 5.11 Å². The van der Waals surface area contributed by atoms with Crippen LogP contribution in [0, 0.1) is 6.92 Å². The molecule has 0 aliphatic heterocycles. The van der Waals surface area contributed by atoms with Gasteiger partial charge in [0.1, 0.15) is 16.5 Å². The van der Waals surface area contributed by atoms with Crippen LogP contribution in [0.5, 0.6) is 11.5 Å². The van der Waals surface area contributed by atoms with E-state index in [1.54, 1.807) is 6.07 Å². The Labute approximate surface area is 117 Å². The van der Waals surface area contributed by atoms with Gasteiger partial charge in [-0.2, -0.15) is 0 Å². The molecule has 4 heteroatoms. The molecule has 0 saturated heterocycles. The van der Waals surface area contributed by atoms with Crippen LogP contribution in [0.15, 0.2) is 42.5 Å². The third-order valence-electron chi connectivity index (χ3n) is 2.83. The predicted octanol–water partition coefficient (Wildman–Crippen LogP) is 2.91. The number of aliphatic hydroxyl groups is 1. The van der Waals surface area contributed by atoms with E-state index < -0.39 is 0 Å². The summed E-state index contributed by atoms with van der Waals surface area (Å²) < 4.78 is 5.90. The third kappa shape index (κ3) is 2.92. The van der Waals surface area contributed by atoms with Crippen LogP contribution in [0.1, 0.15) is 16.7 Å². The Morgan fingerprint density at radius 3 is 2.63 bits per heavy atom. The Hall–Kier alpha value is -1.91. The number of rotatable bonds is 4. The molecule has 19 heavy (non-hydrogen) atoms. The number of hydrogen-bond donors (Lipinski definition) is 2. The molecule has 0 saturated carbocycles. The summed E-state index contributed by atoms with van der Waals surface area (Å²) in [5.41, 5.74) is 8.07. The topological polar surface area (TPSA) is 55.5 Å². The molecule has 0 aliphatic rings. The van der Waals surface area contributed by atoms with Crippen molar-refractivity contribution in [1.82, 2.24) is 0 Å². The summed E-state index contributed by atoms with van der Waals surface area (Å²) in [6, 6.07) is 13.0. The molecule has 0 aromatic heterocycles. The van der Waals surface area contributed by atoms with Crippen LogP contribution in [-0.4, -0.2) is 10.1 Å². The number of thiocarbonyl (C=S) groups is 1. The minimum Gasteiger partial charge on any atom is -0.456 e. The molecule has 3 nitrogen and oxygen atoms in total. The van der Waals surface area contributed by atoms with E-state index in [1.807, 2.05) is 43.3 Å². The van der Waals surface area contributed by atoms with E-state index in [1.165, 1.54) is 0 Å². The lowest BCUT2D eigenvalue weighted by molar-refractivity contribution is 0.276. The summed E-state index contributed by atoms with van der Waals surface area (Å²) >= 11 is 5.04. The van der Waals surface area contributed by atoms with E-state index in [2.05, 4.69) is 0 Å². The molecule has 0 amide bonds. The Kier molecular flexibility index (Phi) is 4.14. The molecular weight excluding hydrogens is 258 g/mol. The van der Waals surface area contributed by atoms with Crippen LogP contribution in [0.2, 0.25) is 0 Å².